The van der Waals surface area contributed by atoms with Crippen LogP contribution in [-0.4, -0.2) is 28.6 Å². The lowest BCUT2D eigenvalue weighted by atomic mass is 9.77. The molecule has 1 fully saturated rings. The fourth-order valence-electron chi connectivity index (χ4n) is 3.13. The number of nitrogens with zero attached hydrogens (tertiary/aromatic N) is 3. The van der Waals surface area contributed by atoms with Crippen LogP contribution >= 0.6 is 0 Å². The van der Waals surface area contributed by atoms with Crippen LogP contribution in [0.2, 0.25) is 0 Å². The first kappa shape index (κ1) is 14.3. The SMILES string of the molecule is CN(c1cccnc1C#N)C1(CC(=O)O)CCCCC1. The van der Waals surface area contributed by atoms with Crippen LogP contribution in [0.25, 0.3) is 0 Å². The van der Waals surface area contributed by atoms with Gasteiger partial charge in [-0.2, -0.15) is 5.26 Å². The van der Waals surface area contributed by atoms with Crippen LogP contribution < -0.4 is 4.90 Å². The topological polar surface area (TPSA) is 77.2 Å². The van der Waals surface area contributed by atoms with Crippen LogP contribution in [0.5, 0.6) is 0 Å². The third kappa shape index (κ3) is 2.74. The Bertz CT molecular complexity index is 530. The highest BCUT2D eigenvalue weighted by atomic mass is 16.4. The van der Waals surface area contributed by atoms with Crippen LogP contribution in [0, 0.1) is 11.3 Å². The zero-order chi connectivity index (χ0) is 14.6. The van der Waals surface area contributed by atoms with Gasteiger partial charge >= 0.3 is 5.97 Å². The first-order valence-electron chi connectivity index (χ1n) is 6.90. The Morgan fingerprint density at radius 3 is 2.80 bits per heavy atom. The molecule has 0 unspecified atom stereocenters. The van der Waals surface area contributed by atoms with Crippen molar-refractivity contribution in [3.63, 3.8) is 0 Å². The smallest absolute Gasteiger partial charge is 0.305 e. The van der Waals surface area contributed by atoms with Crippen molar-refractivity contribution in [1.29, 1.82) is 5.26 Å². The molecule has 1 heterocycles. The van der Waals surface area contributed by atoms with Crippen LogP contribution in [0.3, 0.4) is 0 Å². The van der Waals surface area contributed by atoms with Crippen molar-refractivity contribution < 1.29 is 9.90 Å². The van der Waals surface area contributed by atoms with Crippen molar-refractivity contribution in [2.45, 2.75) is 44.1 Å². The van der Waals surface area contributed by atoms with Gasteiger partial charge in [-0.3, -0.25) is 4.79 Å². The van der Waals surface area contributed by atoms with E-state index in [1.165, 1.54) is 0 Å². The molecule has 5 nitrogen and oxygen atoms in total. The van der Waals surface area contributed by atoms with Gasteiger partial charge in [-0.25, -0.2) is 4.98 Å². The summed E-state index contributed by atoms with van der Waals surface area (Å²) < 4.78 is 0. The van der Waals surface area contributed by atoms with Gasteiger partial charge in [0.2, 0.25) is 0 Å². The quantitative estimate of drug-likeness (QED) is 0.912. The van der Waals surface area contributed by atoms with Crippen molar-refractivity contribution in [1.82, 2.24) is 4.98 Å². The lowest BCUT2D eigenvalue weighted by Gasteiger charge is -2.45. The molecule has 0 radical (unpaired) electrons. The number of aliphatic carboxylic acids is 1. The molecule has 0 atom stereocenters. The second kappa shape index (κ2) is 5.91. The third-order valence-electron chi connectivity index (χ3n) is 4.23. The number of carboxylic acids is 1. The van der Waals surface area contributed by atoms with E-state index in [1.54, 1.807) is 12.3 Å². The molecule has 106 valence electrons. The first-order valence-corrected chi connectivity index (χ1v) is 6.90. The molecule has 1 aromatic heterocycles. The number of aromatic nitrogens is 1. The third-order valence-corrected chi connectivity index (χ3v) is 4.23. The van der Waals surface area contributed by atoms with Gasteiger partial charge in [-0.05, 0) is 25.0 Å². The molecule has 1 N–H and O–H groups in total. The number of hydrogen-bond donors (Lipinski definition) is 1. The maximum Gasteiger partial charge on any atom is 0.305 e. The average molecular weight is 273 g/mol. The highest BCUT2D eigenvalue weighted by Crippen LogP contribution is 2.39. The molecule has 0 saturated heterocycles. The Morgan fingerprint density at radius 2 is 2.20 bits per heavy atom. The maximum absolute atomic E-state index is 11.3. The number of rotatable bonds is 4. The summed E-state index contributed by atoms with van der Waals surface area (Å²) in [5.74, 6) is -0.791. The van der Waals surface area contributed by atoms with E-state index in [4.69, 9.17) is 0 Å². The lowest BCUT2D eigenvalue weighted by Crippen LogP contribution is -2.50. The van der Waals surface area contributed by atoms with Gasteiger partial charge in [-0.1, -0.05) is 19.3 Å². The van der Waals surface area contributed by atoms with E-state index in [0.717, 1.165) is 37.8 Å². The van der Waals surface area contributed by atoms with E-state index in [0.29, 0.717) is 5.69 Å². The van der Waals surface area contributed by atoms with Crippen molar-refractivity contribution in [2.75, 3.05) is 11.9 Å². The number of anilines is 1. The minimum atomic E-state index is -0.791. The molecule has 20 heavy (non-hydrogen) atoms. The number of carbonyl (C=O) groups is 1. The van der Waals surface area contributed by atoms with E-state index >= 15 is 0 Å². The normalized spacial score (nSPS) is 17.2. The van der Waals surface area contributed by atoms with Crippen molar-refractivity contribution in [2.24, 2.45) is 0 Å². The molecular formula is C15H19N3O2. The molecule has 1 aliphatic rings. The van der Waals surface area contributed by atoms with Gasteiger partial charge in [-0.15, -0.1) is 0 Å². The first-order chi connectivity index (χ1) is 9.59. The molecule has 0 aliphatic heterocycles. The van der Waals surface area contributed by atoms with Crippen LogP contribution in [0.1, 0.15) is 44.2 Å². The fraction of sp³-hybridized carbons (Fsp3) is 0.533. The number of hydrogen-bond acceptors (Lipinski definition) is 4. The molecule has 0 spiro atoms. The minimum Gasteiger partial charge on any atom is -0.481 e. The molecule has 1 aromatic rings. The van der Waals surface area contributed by atoms with E-state index in [-0.39, 0.29) is 6.42 Å². The van der Waals surface area contributed by atoms with Crippen molar-refractivity contribution >= 4 is 11.7 Å². The summed E-state index contributed by atoms with van der Waals surface area (Å²) in [7, 11) is 1.88. The molecule has 5 heteroatoms. The van der Waals surface area contributed by atoms with Crippen LogP contribution in [-0.2, 0) is 4.79 Å². The summed E-state index contributed by atoms with van der Waals surface area (Å²) in [6, 6.07) is 5.70. The van der Waals surface area contributed by atoms with Crippen molar-refractivity contribution in [3.8, 4) is 6.07 Å². The molecule has 0 amide bonds. The summed E-state index contributed by atoms with van der Waals surface area (Å²) in [5.41, 5.74) is 0.669. The van der Waals surface area contributed by atoms with Gasteiger partial charge in [0.05, 0.1) is 17.6 Å². The Labute approximate surface area is 118 Å². The predicted molar refractivity (Wildman–Crippen MR) is 75.4 cm³/mol. The summed E-state index contributed by atoms with van der Waals surface area (Å²) in [4.78, 5) is 17.3. The highest BCUT2D eigenvalue weighted by molar-refractivity contribution is 5.70. The fourth-order valence-corrected chi connectivity index (χ4v) is 3.13. The van der Waals surface area contributed by atoms with E-state index in [1.807, 2.05) is 18.0 Å². The molecular weight excluding hydrogens is 254 g/mol. The van der Waals surface area contributed by atoms with Gasteiger partial charge in [0.15, 0.2) is 5.69 Å². The van der Waals surface area contributed by atoms with Crippen LogP contribution in [0.15, 0.2) is 18.3 Å². The minimum absolute atomic E-state index is 0.100. The molecule has 0 bridgehead atoms. The van der Waals surface area contributed by atoms with Gasteiger partial charge in [0, 0.05) is 13.2 Å². The Morgan fingerprint density at radius 1 is 1.50 bits per heavy atom. The average Bonchev–Trinajstić information content (AvgIpc) is 2.46. The van der Waals surface area contributed by atoms with E-state index in [9.17, 15) is 15.2 Å². The number of carboxylic acid groups (broad SMARTS) is 1. The number of nitriles is 1. The molecule has 1 aliphatic carbocycles. The van der Waals surface area contributed by atoms with E-state index < -0.39 is 11.5 Å². The lowest BCUT2D eigenvalue weighted by molar-refractivity contribution is -0.138. The Balaban J connectivity index is 2.38. The monoisotopic (exact) mass is 273 g/mol. The number of pyridine rings is 1. The predicted octanol–water partition coefficient (Wildman–Crippen LogP) is 2.57. The van der Waals surface area contributed by atoms with Crippen LogP contribution in [0.4, 0.5) is 5.69 Å². The van der Waals surface area contributed by atoms with Gasteiger partial charge in [0.1, 0.15) is 6.07 Å². The second-order valence-electron chi connectivity index (χ2n) is 5.40. The summed E-state index contributed by atoms with van der Waals surface area (Å²) in [6.07, 6.45) is 6.57. The zero-order valence-electron chi connectivity index (χ0n) is 11.7. The van der Waals surface area contributed by atoms with E-state index in [2.05, 4.69) is 11.1 Å². The molecule has 0 aromatic carbocycles. The Hall–Kier alpha value is -2.09. The van der Waals surface area contributed by atoms with Gasteiger partial charge in [0.25, 0.3) is 0 Å². The summed E-state index contributed by atoms with van der Waals surface area (Å²) in [6.45, 7) is 0. The zero-order valence-corrected chi connectivity index (χ0v) is 11.7. The summed E-state index contributed by atoms with van der Waals surface area (Å²) >= 11 is 0. The molecule has 1 saturated carbocycles. The molecule has 2 rings (SSSR count). The summed E-state index contributed by atoms with van der Waals surface area (Å²) in [5, 5.41) is 18.4. The van der Waals surface area contributed by atoms with Crippen molar-refractivity contribution in [3.05, 3.63) is 24.0 Å². The Kier molecular flexibility index (Phi) is 4.23. The highest BCUT2D eigenvalue weighted by Gasteiger charge is 2.39. The standard InChI is InChI=1S/C15H19N3O2/c1-18(13-6-5-9-17-12(13)11-16)15(10-14(19)20)7-3-2-4-8-15/h5-6,9H,2-4,7-8,10H2,1H3,(H,19,20). The largest absolute Gasteiger partial charge is 0.481 e. The second-order valence-corrected chi connectivity index (χ2v) is 5.40. The van der Waals surface area contributed by atoms with Gasteiger partial charge < -0.3 is 10.0 Å². The maximum atomic E-state index is 11.3.